The molecule has 1 aromatic heterocycles. The van der Waals surface area contributed by atoms with Crippen molar-refractivity contribution in [1.29, 1.82) is 0 Å². The number of likely N-dealkylation sites (tertiary alicyclic amines) is 1. The van der Waals surface area contributed by atoms with Gasteiger partial charge in [-0.2, -0.15) is 4.31 Å². The standard InChI is InChI=1S/C23H36N4O5S/c1-3-16-33(29,30)27-14-12-25(13-15-27)21-5-4-20(17-24-21)31-18-19-6-10-26(11-7-19)22(28)32-23(2)8-9-23/h4-5,17,19H,3,6-16,18H2,1-2H3. The first-order valence-corrected chi connectivity index (χ1v) is 13.7. The minimum Gasteiger partial charge on any atom is -0.492 e. The lowest BCUT2D eigenvalue weighted by Crippen LogP contribution is -2.49. The quantitative estimate of drug-likeness (QED) is 0.565. The fourth-order valence-electron chi connectivity index (χ4n) is 4.28. The highest BCUT2D eigenvalue weighted by Gasteiger charge is 2.43. The van der Waals surface area contributed by atoms with Gasteiger partial charge in [0.25, 0.3) is 0 Å². The molecule has 1 saturated carbocycles. The summed E-state index contributed by atoms with van der Waals surface area (Å²) in [6, 6.07) is 3.86. The fraction of sp³-hybridized carbons (Fsp3) is 0.739. The van der Waals surface area contributed by atoms with E-state index in [9.17, 15) is 13.2 Å². The predicted octanol–water partition coefficient (Wildman–Crippen LogP) is 2.72. The lowest BCUT2D eigenvalue weighted by atomic mass is 9.98. The Labute approximate surface area is 197 Å². The van der Waals surface area contributed by atoms with Gasteiger partial charge in [0.05, 0.1) is 18.6 Å². The van der Waals surface area contributed by atoms with E-state index in [2.05, 4.69) is 9.88 Å². The third-order valence-electron chi connectivity index (χ3n) is 6.79. The third-order valence-corrected chi connectivity index (χ3v) is 8.86. The van der Waals surface area contributed by atoms with Gasteiger partial charge in [-0.3, -0.25) is 0 Å². The van der Waals surface area contributed by atoms with Gasteiger partial charge in [0.2, 0.25) is 10.0 Å². The molecule has 3 fully saturated rings. The highest BCUT2D eigenvalue weighted by atomic mass is 32.2. The second-order valence-electron chi connectivity index (χ2n) is 9.61. The molecule has 2 saturated heterocycles. The van der Waals surface area contributed by atoms with Gasteiger partial charge in [0.1, 0.15) is 17.2 Å². The summed E-state index contributed by atoms with van der Waals surface area (Å²) in [5.74, 6) is 2.18. The molecule has 1 amide bonds. The number of amides is 1. The summed E-state index contributed by atoms with van der Waals surface area (Å²) in [4.78, 5) is 20.7. The molecule has 3 aliphatic rings. The number of pyridine rings is 1. The first-order chi connectivity index (χ1) is 15.8. The second-order valence-corrected chi connectivity index (χ2v) is 11.7. The molecule has 9 nitrogen and oxygen atoms in total. The van der Waals surface area contributed by atoms with Crippen LogP contribution in [0.1, 0.15) is 46.0 Å². The van der Waals surface area contributed by atoms with Gasteiger partial charge < -0.3 is 19.3 Å². The molecule has 1 aromatic rings. The highest BCUT2D eigenvalue weighted by Crippen LogP contribution is 2.39. The summed E-state index contributed by atoms with van der Waals surface area (Å²) in [7, 11) is -3.14. The van der Waals surface area contributed by atoms with Crippen molar-refractivity contribution in [2.24, 2.45) is 5.92 Å². The third kappa shape index (κ3) is 6.29. The Hall–Kier alpha value is -2.07. The Kier molecular flexibility index (Phi) is 7.33. The lowest BCUT2D eigenvalue weighted by Gasteiger charge is -2.34. The van der Waals surface area contributed by atoms with Crippen molar-refractivity contribution in [2.75, 3.05) is 56.5 Å². The van der Waals surface area contributed by atoms with Crippen LogP contribution in [0.2, 0.25) is 0 Å². The predicted molar refractivity (Wildman–Crippen MR) is 126 cm³/mol. The Morgan fingerprint density at radius 2 is 1.82 bits per heavy atom. The van der Waals surface area contributed by atoms with Crippen LogP contribution in [0.5, 0.6) is 5.75 Å². The number of sulfonamides is 1. The Morgan fingerprint density at radius 3 is 2.39 bits per heavy atom. The molecule has 0 atom stereocenters. The van der Waals surface area contributed by atoms with Crippen LogP contribution < -0.4 is 9.64 Å². The number of piperidine rings is 1. The first-order valence-electron chi connectivity index (χ1n) is 12.1. The number of anilines is 1. The molecule has 4 rings (SSSR count). The zero-order chi connectivity index (χ0) is 23.5. The van der Waals surface area contributed by atoms with Crippen molar-refractivity contribution in [3.63, 3.8) is 0 Å². The van der Waals surface area contributed by atoms with Crippen molar-refractivity contribution in [3.05, 3.63) is 18.3 Å². The second kappa shape index (κ2) is 10.0. The molecule has 10 heteroatoms. The van der Waals surface area contributed by atoms with Crippen LogP contribution in [0, 0.1) is 5.92 Å². The van der Waals surface area contributed by atoms with Crippen LogP contribution in [0.3, 0.4) is 0 Å². The van der Waals surface area contributed by atoms with E-state index in [0.717, 1.165) is 37.3 Å². The maximum atomic E-state index is 12.2. The molecule has 0 bridgehead atoms. The van der Waals surface area contributed by atoms with Crippen LogP contribution in [0.4, 0.5) is 10.6 Å². The minimum atomic E-state index is -3.14. The summed E-state index contributed by atoms with van der Waals surface area (Å²) < 4.78 is 37.6. The van der Waals surface area contributed by atoms with Crippen molar-refractivity contribution in [3.8, 4) is 5.75 Å². The molecule has 0 radical (unpaired) electrons. The van der Waals surface area contributed by atoms with Crippen LogP contribution in [-0.2, 0) is 14.8 Å². The molecule has 2 aliphatic heterocycles. The van der Waals surface area contributed by atoms with E-state index in [0.29, 0.717) is 58.2 Å². The summed E-state index contributed by atoms with van der Waals surface area (Å²) in [5, 5.41) is 0. The van der Waals surface area contributed by atoms with E-state index in [1.165, 1.54) is 0 Å². The monoisotopic (exact) mass is 480 g/mol. The smallest absolute Gasteiger partial charge is 0.410 e. The normalized spacial score (nSPS) is 21.6. The van der Waals surface area contributed by atoms with Crippen LogP contribution >= 0.6 is 0 Å². The topological polar surface area (TPSA) is 92.3 Å². The number of rotatable bonds is 8. The first kappa shape index (κ1) is 24.1. The van der Waals surface area contributed by atoms with E-state index in [1.54, 1.807) is 10.5 Å². The summed E-state index contributed by atoms with van der Waals surface area (Å²) >= 11 is 0. The average molecular weight is 481 g/mol. The minimum absolute atomic E-state index is 0.182. The van der Waals surface area contributed by atoms with E-state index >= 15 is 0 Å². The fourth-order valence-corrected chi connectivity index (χ4v) is 5.77. The van der Waals surface area contributed by atoms with Crippen molar-refractivity contribution >= 4 is 21.9 Å². The number of hydrogen-bond acceptors (Lipinski definition) is 7. The Morgan fingerprint density at radius 1 is 1.12 bits per heavy atom. The highest BCUT2D eigenvalue weighted by molar-refractivity contribution is 7.89. The van der Waals surface area contributed by atoms with E-state index in [4.69, 9.17) is 9.47 Å². The number of hydrogen-bond donors (Lipinski definition) is 0. The maximum Gasteiger partial charge on any atom is 0.410 e. The van der Waals surface area contributed by atoms with Gasteiger partial charge in [-0.1, -0.05) is 6.92 Å². The van der Waals surface area contributed by atoms with E-state index < -0.39 is 10.0 Å². The number of aromatic nitrogens is 1. The molecular weight excluding hydrogens is 444 g/mol. The molecule has 3 heterocycles. The van der Waals surface area contributed by atoms with Crippen LogP contribution in [0.25, 0.3) is 0 Å². The van der Waals surface area contributed by atoms with Gasteiger partial charge in [-0.15, -0.1) is 0 Å². The summed E-state index contributed by atoms with van der Waals surface area (Å²) in [6.45, 7) is 8.16. The van der Waals surface area contributed by atoms with Crippen molar-refractivity contribution in [2.45, 2.75) is 51.6 Å². The molecule has 1 aliphatic carbocycles. The molecule has 0 unspecified atom stereocenters. The van der Waals surface area contributed by atoms with Gasteiger partial charge in [-0.25, -0.2) is 18.2 Å². The van der Waals surface area contributed by atoms with Gasteiger partial charge >= 0.3 is 6.09 Å². The van der Waals surface area contributed by atoms with Gasteiger partial charge in [0.15, 0.2) is 0 Å². The van der Waals surface area contributed by atoms with E-state index in [-0.39, 0.29) is 17.4 Å². The average Bonchev–Trinajstić information content (AvgIpc) is 3.55. The molecule has 184 valence electrons. The zero-order valence-corrected chi connectivity index (χ0v) is 20.6. The number of carbonyl (C=O) groups excluding carboxylic acids is 1. The SMILES string of the molecule is CCCS(=O)(=O)N1CCN(c2ccc(OCC3CCN(C(=O)OC4(C)CC4)CC3)cn2)CC1. The number of carbonyl (C=O) groups is 1. The molecule has 0 N–H and O–H groups in total. The lowest BCUT2D eigenvalue weighted by molar-refractivity contribution is 0.0456. The summed E-state index contributed by atoms with van der Waals surface area (Å²) in [6.07, 6.45) is 5.93. The van der Waals surface area contributed by atoms with Crippen molar-refractivity contribution in [1.82, 2.24) is 14.2 Å². The molecule has 0 spiro atoms. The molecule has 33 heavy (non-hydrogen) atoms. The summed E-state index contributed by atoms with van der Waals surface area (Å²) in [5.41, 5.74) is -0.226. The van der Waals surface area contributed by atoms with Gasteiger partial charge in [-0.05, 0) is 57.1 Å². The van der Waals surface area contributed by atoms with Crippen LogP contribution in [-0.4, -0.2) is 85.9 Å². The largest absolute Gasteiger partial charge is 0.492 e. The number of nitrogens with zero attached hydrogens (tertiary/aromatic N) is 4. The number of ether oxygens (including phenoxy) is 2. The zero-order valence-electron chi connectivity index (χ0n) is 19.7. The Balaban J connectivity index is 1.18. The van der Waals surface area contributed by atoms with E-state index in [1.807, 2.05) is 30.9 Å². The molecule has 0 aromatic carbocycles. The Bertz CT molecular complexity index is 903. The molecular formula is C23H36N4O5S. The van der Waals surface area contributed by atoms with Crippen LogP contribution in [0.15, 0.2) is 18.3 Å². The number of piperazine rings is 1. The van der Waals surface area contributed by atoms with Gasteiger partial charge in [0, 0.05) is 39.3 Å². The maximum absolute atomic E-state index is 12.2. The van der Waals surface area contributed by atoms with Crippen molar-refractivity contribution < 1.29 is 22.7 Å².